The van der Waals surface area contributed by atoms with Gasteiger partial charge < -0.3 is 9.73 Å². The lowest BCUT2D eigenvalue weighted by molar-refractivity contribution is 0.403. The van der Waals surface area contributed by atoms with Crippen LogP contribution in [0.3, 0.4) is 0 Å². The van der Waals surface area contributed by atoms with Crippen LogP contribution in [0.25, 0.3) is 11.3 Å². The van der Waals surface area contributed by atoms with Gasteiger partial charge in [-0.05, 0) is 61.1 Å². The van der Waals surface area contributed by atoms with Crippen LogP contribution in [0.5, 0.6) is 0 Å². The van der Waals surface area contributed by atoms with Gasteiger partial charge in [-0.15, -0.1) is 0 Å². The van der Waals surface area contributed by atoms with Crippen LogP contribution in [0.15, 0.2) is 40.8 Å². The van der Waals surface area contributed by atoms with E-state index in [-0.39, 0.29) is 5.82 Å². The molecule has 0 atom stereocenters. The van der Waals surface area contributed by atoms with Gasteiger partial charge in [-0.1, -0.05) is 13.3 Å². The highest BCUT2D eigenvalue weighted by atomic mass is 19.1. The molecule has 0 unspecified atom stereocenters. The number of benzene rings is 1. The van der Waals surface area contributed by atoms with E-state index in [0.29, 0.717) is 5.41 Å². The summed E-state index contributed by atoms with van der Waals surface area (Å²) in [6, 6.07) is 10.3. The second-order valence-corrected chi connectivity index (χ2v) is 6.13. The van der Waals surface area contributed by atoms with Gasteiger partial charge in [0.15, 0.2) is 0 Å². The molecule has 1 N–H and O–H groups in total. The summed E-state index contributed by atoms with van der Waals surface area (Å²) in [6.07, 6.45) is 5.29. The highest BCUT2D eigenvalue weighted by molar-refractivity contribution is 5.57. The van der Waals surface area contributed by atoms with Crippen molar-refractivity contribution in [1.82, 2.24) is 5.32 Å². The standard InChI is InChI=1S/C18H22FNO/c1-2-9-18(10-11-18)13-20-12-16-7-8-17(21-16)14-3-5-15(19)6-4-14/h3-8,20H,2,9-13H2,1H3. The number of hydrogen-bond donors (Lipinski definition) is 1. The Bertz CT molecular complexity index is 584. The molecular formula is C18H22FNO. The molecule has 1 aliphatic carbocycles. The van der Waals surface area contributed by atoms with E-state index in [1.165, 1.54) is 37.8 Å². The molecule has 0 spiro atoms. The van der Waals surface area contributed by atoms with Crippen LogP contribution in [-0.4, -0.2) is 6.54 Å². The summed E-state index contributed by atoms with van der Waals surface area (Å²) >= 11 is 0. The molecule has 1 fully saturated rings. The summed E-state index contributed by atoms with van der Waals surface area (Å²) in [6.45, 7) is 4.08. The molecule has 3 rings (SSSR count). The molecule has 0 amide bonds. The van der Waals surface area contributed by atoms with Crippen molar-refractivity contribution >= 4 is 0 Å². The van der Waals surface area contributed by atoms with Crippen LogP contribution in [0.1, 0.15) is 38.4 Å². The smallest absolute Gasteiger partial charge is 0.134 e. The lowest BCUT2D eigenvalue weighted by Crippen LogP contribution is -2.23. The molecule has 1 aliphatic rings. The third-order valence-corrected chi connectivity index (χ3v) is 4.33. The van der Waals surface area contributed by atoms with E-state index < -0.39 is 0 Å². The first kappa shape index (κ1) is 14.3. The fourth-order valence-electron chi connectivity index (χ4n) is 2.92. The Balaban J connectivity index is 1.54. The fraction of sp³-hybridized carbons (Fsp3) is 0.444. The summed E-state index contributed by atoms with van der Waals surface area (Å²) in [5, 5.41) is 3.51. The predicted molar refractivity (Wildman–Crippen MR) is 82.4 cm³/mol. The Hall–Kier alpha value is -1.61. The van der Waals surface area contributed by atoms with E-state index in [9.17, 15) is 4.39 Å². The summed E-state index contributed by atoms with van der Waals surface area (Å²) in [5.41, 5.74) is 1.47. The summed E-state index contributed by atoms with van der Waals surface area (Å²) < 4.78 is 18.7. The van der Waals surface area contributed by atoms with E-state index in [4.69, 9.17) is 4.42 Å². The van der Waals surface area contributed by atoms with Gasteiger partial charge in [-0.25, -0.2) is 4.39 Å². The molecule has 1 aromatic heterocycles. The molecule has 2 nitrogen and oxygen atoms in total. The van der Waals surface area contributed by atoms with E-state index in [2.05, 4.69) is 12.2 Å². The van der Waals surface area contributed by atoms with Gasteiger partial charge in [0.1, 0.15) is 17.3 Å². The van der Waals surface area contributed by atoms with Crippen molar-refractivity contribution in [3.05, 3.63) is 48.0 Å². The van der Waals surface area contributed by atoms with Gasteiger partial charge in [0.2, 0.25) is 0 Å². The first-order valence-corrected chi connectivity index (χ1v) is 7.76. The molecule has 0 radical (unpaired) electrons. The Labute approximate surface area is 125 Å². The second-order valence-electron chi connectivity index (χ2n) is 6.13. The Morgan fingerprint density at radius 3 is 2.57 bits per heavy atom. The zero-order chi connectivity index (χ0) is 14.7. The number of nitrogens with one attached hydrogen (secondary N) is 1. The minimum absolute atomic E-state index is 0.224. The van der Waals surface area contributed by atoms with Crippen molar-refractivity contribution in [2.24, 2.45) is 5.41 Å². The summed E-state index contributed by atoms with van der Waals surface area (Å²) in [5.74, 6) is 1.50. The Morgan fingerprint density at radius 1 is 1.14 bits per heavy atom. The lowest BCUT2D eigenvalue weighted by Gasteiger charge is -2.14. The maximum absolute atomic E-state index is 12.9. The van der Waals surface area contributed by atoms with Gasteiger partial charge in [0, 0.05) is 12.1 Å². The molecule has 1 aromatic carbocycles. The number of rotatable bonds is 7. The average molecular weight is 287 g/mol. The van der Waals surface area contributed by atoms with Gasteiger partial charge in [-0.3, -0.25) is 0 Å². The van der Waals surface area contributed by atoms with E-state index in [1.807, 2.05) is 12.1 Å². The van der Waals surface area contributed by atoms with Crippen LogP contribution >= 0.6 is 0 Å². The lowest BCUT2D eigenvalue weighted by atomic mass is 10.0. The normalized spacial score (nSPS) is 16.1. The number of hydrogen-bond acceptors (Lipinski definition) is 2. The number of halogens is 1. The Kier molecular flexibility index (Phi) is 4.11. The van der Waals surface area contributed by atoms with E-state index in [0.717, 1.165) is 30.2 Å². The molecule has 3 heteroatoms. The van der Waals surface area contributed by atoms with Crippen molar-refractivity contribution in [3.63, 3.8) is 0 Å². The quantitative estimate of drug-likeness (QED) is 0.794. The molecule has 0 saturated heterocycles. The molecular weight excluding hydrogens is 265 g/mol. The minimum atomic E-state index is -0.224. The van der Waals surface area contributed by atoms with Crippen molar-refractivity contribution in [2.45, 2.75) is 39.2 Å². The summed E-state index contributed by atoms with van der Waals surface area (Å²) in [4.78, 5) is 0. The minimum Gasteiger partial charge on any atom is -0.460 e. The highest BCUT2D eigenvalue weighted by Gasteiger charge is 2.40. The predicted octanol–water partition coefficient (Wildman–Crippen LogP) is 4.76. The zero-order valence-corrected chi connectivity index (χ0v) is 12.5. The molecule has 21 heavy (non-hydrogen) atoms. The van der Waals surface area contributed by atoms with Crippen molar-refractivity contribution < 1.29 is 8.81 Å². The molecule has 112 valence electrons. The molecule has 1 saturated carbocycles. The van der Waals surface area contributed by atoms with Crippen LogP contribution in [-0.2, 0) is 6.54 Å². The van der Waals surface area contributed by atoms with Crippen LogP contribution in [0, 0.1) is 11.2 Å². The fourth-order valence-corrected chi connectivity index (χ4v) is 2.92. The largest absolute Gasteiger partial charge is 0.460 e. The average Bonchev–Trinajstić information content (AvgIpc) is 3.08. The van der Waals surface area contributed by atoms with E-state index >= 15 is 0 Å². The second kappa shape index (κ2) is 6.02. The van der Waals surface area contributed by atoms with Gasteiger partial charge in [-0.2, -0.15) is 0 Å². The monoisotopic (exact) mass is 287 g/mol. The van der Waals surface area contributed by atoms with Gasteiger partial charge in [0.25, 0.3) is 0 Å². The SMILES string of the molecule is CCCC1(CNCc2ccc(-c3ccc(F)cc3)o2)CC1. The zero-order valence-electron chi connectivity index (χ0n) is 12.5. The molecule has 1 heterocycles. The Morgan fingerprint density at radius 2 is 1.90 bits per heavy atom. The molecule has 2 aromatic rings. The summed E-state index contributed by atoms with van der Waals surface area (Å²) in [7, 11) is 0. The topological polar surface area (TPSA) is 25.2 Å². The van der Waals surface area contributed by atoms with Crippen LogP contribution in [0.4, 0.5) is 4.39 Å². The van der Waals surface area contributed by atoms with Gasteiger partial charge >= 0.3 is 0 Å². The van der Waals surface area contributed by atoms with Gasteiger partial charge in [0.05, 0.1) is 6.54 Å². The first-order valence-electron chi connectivity index (χ1n) is 7.76. The van der Waals surface area contributed by atoms with Crippen LogP contribution < -0.4 is 5.32 Å². The number of furan rings is 1. The van der Waals surface area contributed by atoms with Crippen LogP contribution in [0.2, 0.25) is 0 Å². The molecule has 0 bridgehead atoms. The third kappa shape index (κ3) is 3.53. The van der Waals surface area contributed by atoms with Crippen molar-refractivity contribution in [2.75, 3.05) is 6.54 Å². The highest BCUT2D eigenvalue weighted by Crippen LogP contribution is 2.48. The van der Waals surface area contributed by atoms with Crippen molar-refractivity contribution in [3.8, 4) is 11.3 Å². The van der Waals surface area contributed by atoms with E-state index in [1.54, 1.807) is 12.1 Å². The van der Waals surface area contributed by atoms with Crippen molar-refractivity contribution in [1.29, 1.82) is 0 Å². The maximum atomic E-state index is 12.9. The third-order valence-electron chi connectivity index (χ3n) is 4.33. The maximum Gasteiger partial charge on any atom is 0.134 e. The molecule has 0 aliphatic heterocycles. The first-order chi connectivity index (χ1) is 10.2.